The third-order valence-corrected chi connectivity index (χ3v) is 6.17. The van der Waals surface area contributed by atoms with E-state index < -0.39 is 5.72 Å². The average Bonchev–Trinajstić information content (AvgIpc) is 2.67. The fourth-order valence-electron chi connectivity index (χ4n) is 5.08. The molecular formula is C19H27N2O5-. The van der Waals surface area contributed by atoms with E-state index in [4.69, 9.17) is 14.2 Å². The zero-order valence-corrected chi connectivity index (χ0v) is 15.2. The molecule has 0 aromatic heterocycles. The maximum atomic E-state index is 11.6. The Morgan fingerprint density at radius 3 is 2.88 bits per heavy atom. The van der Waals surface area contributed by atoms with E-state index in [2.05, 4.69) is 4.90 Å². The molecule has 2 heterocycles. The molecule has 1 saturated carbocycles. The van der Waals surface area contributed by atoms with Crippen LogP contribution in [0.25, 0.3) is 0 Å². The maximum absolute atomic E-state index is 11.6. The van der Waals surface area contributed by atoms with Crippen molar-refractivity contribution in [1.29, 1.82) is 0 Å². The van der Waals surface area contributed by atoms with Crippen LogP contribution in [0.4, 0.5) is 0 Å². The summed E-state index contributed by atoms with van der Waals surface area (Å²) in [5.41, 5.74) is 0.486. The van der Waals surface area contributed by atoms with Crippen LogP contribution in [0.5, 0.6) is 11.5 Å². The van der Waals surface area contributed by atoms with Crippen LogP contribution in [0.1, 0.15) is 37.2 Å². The number of ether oxygens (including phenoxy) is 3. The lowest BCUT2D eigenvalue weighted by Gasteiger charge is -2.57. The molecule has 1 aromatic carbocycles. The number of fused-ring (bicyclic) bond motifs is 2. The zero-order valence-electron chi connectivity index (χ0n) is 15.2. The molecule has 26 heavy (non-hydrogen) atoms. The number of rotatable bonds is 4. The van der Waals surface area contributed by atoms with Crippen molar-refractivity contribution in [2.75, 3.05) is 40.0 Å². The Morgan fingerprint density at radius 2 is 2.15 bits per heavy atom. The van der Waals surface area contributed by atoms with Gasteiger partial charge in [-0.1, -0.05) is 18.6 Å². The first-order valence-corrected chi connectivity index (χ1v) is 9.48. The van der Waals surface area contributed by atoms with Crippen LogP contribution in [-0.2, 0) is 4.74 Å². The second-order valence-corrected chi connectivity index (χ2v) is 7.42. The molecule has 1 saturated heterocycles. The molecule has 1 aliphatic carbocycles. The molecule has 2 aliphatic heterocycles. The van der Waals surface area contributed by atoms with Gasteiger partial charge >= 0.3 is 0 Å². The number of hydrogen-bond acceptors (Lipinski definition) is 7. The first-order valence-electron chi connectivity index (χ1n) is 9.48. The van der Waals surface area contributed by atoms with Crippen LogP contribution in [0.3, 0.4) is 0 Å². The number of para-hydroxylation sites is 1. The molecule has 3 unspecified atom stereocenters. The molecule has 1 N–H and O–H groups in total. The summed E-state index contributed by atoms with van der Waals surface area (Å²) in [6.07, 6.45) is 4.09. The minimum absolute atomic E-state index is 0.0419. The molecule has 0 spiro atoms. The quantitative estimate of drug-likeness (QED) is 0.824. The van der Waals surface area contributed by atoms with Crippen LogP contribution < -0.4 is 9.47 Å². The third kappa shape index (κ3) is 2.97. The topological polar surface area (TPSA) is 77.5 Å². The van der Waals surface area contributed by atoms with Crippen molar-refractivity contribution in [3.8, 4) is 11.5 Å². The van der Waals surface area contributed by atoms with Crippen molar-refractivity contribution in [2.45, 2.75) is 37.3 Å². The van der Waals surface area contributed by atoms with Crippen molar-refractivity contribution >= 4 is 0 Å². The van der Waals surface area contributed by atoms with Gasteiger partial charge in [0.2, 0.25) is 0 Å². The predicted octanol–water partition coefficient (Wildman–Crippen LogP) is 2.58. The number of nitrogens with zero attached hydrogens (tertiary/aromatic N) is 2. The van der Waals surface area contributed by atoms with E-state index in [1.807, 2.05) is 18.2 Å². The van der Waals surface area contributed by atoms with Crippen LogP contribution >= 0.6 is 0 Å². The highest BCUT2D eigenvalue weighted by molar-refractivity contribution is 5.51. The predicted molar refractivity (Wildman–Crippen MR) is 95.3 cm³/mol. The number of benzene rings is 1. The molecular weight excluding hydrogens is 336 g/mol. The maximum Gasteiger partial charge on any atom is 0.167 e. The molecule has 7 heteroatoms. The number of methoxy groups -OCH3 is 1. The van der Waals surface area contributed by atoms with Crippen LogP contribution in [0.15, 0.2) is 18.2 Å². The highest BCUT2D eigenvalue weighted by Gasteiger charge is 2.55. The molecule has 0 bridgehead atoms. The van der Waals surface area contributed by atoms with Gasteiger partial charge in [-0.15, -0.1) is 0 Å². The summed E-state index contributed by atoms with van der Waals surface area (Å²) in [6, 6.07) is 5.80. The van der Waals surface area contributed by atoms with Crippen molar-refractivity contribution in [2.24, 2.45) is 5.92 Å². The van der Waals surface area contributed by atoms with Gasteiger partial charge in [0.15, 0.2) is 17.2 Å². The summed E-state index contributed by atoms with van der Waals surface area (Å²) in [4.78, 5) is 2.38. The zero-order chi connectivity index (χ0) is 18.1. The lowest BCUT2D eigenvalue weighted by Crippen LogP contribution is -2.65. The summed E-state index contributed by atoms with van der Waals surface area (Å²) < 4.78 is 17.8. The van der Waals surface area contributed by atoms with E-state index in [9.17, 15) is 10.4 Å². The first-order chi connectivity index (χ1) is 12.7. The lowest BCUT2D eigenvalue weighted by atomic mass is 9.68. The standard InChI is InChI=1S/C19H27N2O5/c1-24-17-7-4-5-14-15(13-21(22)23)16-6-2-3-8-19(16,26-18(14)17)20-9-11-25-12-10-20/h4-5,7,15-16,22H,2-3,6,8-13H2,1H3/q-1. The summed E-state index contributed by atoms with van der Waals surface area (Å²) >= 11 is 0. The van der Waals surface area contributed by atoms with Crippen LogP contribution in [-0.4, -0.2) is 61.0 Å². The van der Waals surface area contributed by atoms with E-state index in [-0.39, 0.29) is 23.6 Å². The fourth-order valence-corrected chi connectivity index (χ4v) is 5.08. The first kappa shape index (κ1) is 18.0. The Hall–Kier alpha value is -1.38. The van der Waals surface area contributed by atoms with Gasteiger partial charge in [-0.3, -0.25) is 10.1 Å². The fraction of sp³-hybridized carbons (Fsp3) is 0.684. The number of hydroxylamine groups is 2. The molecule has 2 fully saturated rings. The van der Waals surface area contributed by atoms with Gasteiger partial charge in [-0.2, -0.15) is 0 Å². The molecule has 1 aromatic rings. The van der Waals surface area contributed by atoms with E-state index >= 15 is 0 Å². The van der Waals surface area contributed by atoms with E-state index in [1.54, 1.807) is 7.11 Å². The molecule has 0 radical (unpaired) electrons. The normalized spacial score (nSPS) is 31.8. The average molecular weight is 363 g/mol. The summed E-state index contributed by atoms with van der Waals surface area (Å²) in [6.45, 7) is 3.05. The second kappa shape index (κ2) is 7.32. The van der Waals surface area contributed by atoms with Crippen molar-refractivity contribution in [3.05, 3.63) is 29.0 Å². The highest BCUT2D eigenvalue weighted by Crippen LogP contribution is 2.55. The third-order valence-electron chi connectivity index (χ3n) is 6.17. The second-order valence-electron chi connectivity index (χ2n) is 7.42. The smallest absolute Gasteiger partial charge is 0.167 e. The largest absolute Gasteiger partial charge is 0.762 e. The number of hydrogen-bond donors (Lipinski definition) is 1. The SMILES string of the molecule is COc1cccc2c1OC1(N3CCOCC3)CCCCC1C2CN([O-])O. The van der Waals surface area contributed by atoms with Crippen molar-refractivity contribution in [3.63, 3.8) is 0 Å². The van der Waals surface area contributed by atoms with Crippen LogP contribution in [0.2, 0.25) is 0 Å². The molecule has 4 rings (SSSR count). The Kier molecular flexibility index (Phi) is 5.07. The monoisotopic (exact) mass is 363 g/mol. The Bertz CT molecular complexity index is 634. The molecule has 3 atom stereocenters. The van der Waals surface area contributed by atoms with Gasteiger partial charge in [0, 0.05) is 43.5 Å². The molecule has 7 nitrogen and oxygen atoms in total. The van der Waals surface area contributed by atoms with Crippen LogP contribution in [0, 0.1) is 11.1 Å². The van der Waals surface area contributed by atoms with E-state index in [1.165, 1.54) is 0 Å². The lowest BCUT2D eigenvalue weighted by molar-refractivity contribution is -0.192. The van der Waals surface area contributed by atoms with Crippen molar-refractivity contribution in [1.82, 2.24) is 10.1 Å². The Balaban J connectivity index is 1.81. The Morgan fingerprint density at radius 1 is 1.35 bits per heavy atom. The summed E-state index contributed by atoms with van der Waals surface area (Å²) in [5, 5.41) is 21.2. The van der Waals surface area contributed by atoms with E-state index in [0.29, 0.717) is 24.7 Å². The van der Waals surface area contributed by atoms with Gasteiger partial charge in [-0.05, 0) is 18.9 Å². The minimum Gasteiger partial charge on any atom is -0.762 e. The molecule has 144 valence electrons. The van der Waals surface area contributed by atoms with Gasteiger partial charge < -0.3 is 24.6 Å². The molecule has 0 amide bonds. The van der Waals surface area contributed by atoms with Gasteiger partial charge in [-0.25, -0.2) is 0 Å². The number of morpholine rings is 1. The van der Waals surface area contributed by atoms with Gasteiger partial charge in [0.1, 0.15) is 0 Å². The highest BCUT2D eigenvalue weighted by atomic mass is 16.8. The minimum atomic E-state index is -0.468. The van der Waals surface area contributed by atoms with Gasteiger partial charge in [0.25, 0.3) is 0 Å². The van der Waals surface area contributed by atoms with Crippen molar-refractivity contribution < 1.29 is 19.4 Å². The van der Waals surface area contributed by atoms with E-state index in [0.717, 1.165) is 44.3 Å². The summed E-state index contributed by atoms with van der Waals surface area (Å²) in [5.74, 6) is 1.45. The van der Waals surface area contributed by atoms with Gasteiger partial charge in [0.05, 0.1) is 20.3 Å². The molecule has 3 aliphatic rings. The Labute approximate surface area is 154 Å². The summed E-state index contributed by atoms with van der Waals surface area (Å²) in [7, 11) is 1.63.